The molecule has 2 heterocycles. The zero-order valence-electron chi connectivity index (χ0n) is 11.1. The fraction of sp³-hybridized carbons (Fsp3) is 0.500. The van der Waals surface area contributed by atoms with E-state index in [2.05, 4.69) is 29.9 Å². The van der Waals surface area contributed by atoms with E-state index >= 15 is 0 Å². The maximum absolute atomic E-state index is 11.2. The number of hydrogen-bond donors (Lipinski definition) is 2. The number of amidine groups is 2. The summed E-state index contributed by atoms with van der Waals surface area (Å²) in [6.07, 6.45) is 0. The van der Waals surface area contributed by atoms with Gasteiger partial charge in [-0.05, 0) is 24.5 Å². The monoisotopic (exact) mass is 333 g/mol. The summed E-state index contributed by atoms with van der Waals surface area (Å²) in [5.41, 5.74) is 1.05. The molecule has 0 bridgehead atoms. The highest BCUT2D eigenvalue weighted by atomic mass is 32.2. The van der Waals surface area contributed by atoms with Gasteiger partial charge in [-0.25, -0.2) is 0 Å². The minimum atomic E-state index is -3.70. The second kappa shape index (κ2) is 6.55. The van der Waals surface area contributed by atoms with Crippen molar-refractivity contribution < 1.29 is 8.42 Å². The quantitative estimate of drug-likeness (QED) is 0.764. The number of hydrogen-bond acceptors (Lipinski definition) is 7. The molecule has 20 heavy (non-hydrogen) atoms. The Bertz CT molecular complexity index is 635. The second-order valence-electron chi connectivity index (χ2n) is 3.99. The molecule has 0 aliphatic carbocycles. The summed E-state index contributed by atoms with van der Waals surface area (Å²) in [5, 5.41) is 5.68. The van der Waals surface area contributed by atoms with Gasteiger partial charge in [0.1, 0.15) is 0 Å². The molecule has 0 radical (unpaired) electrons. The topological polar surface area (TPSA) is 95.8 Å². The minimum Gasteiger partial charge on any atom is -0.369 e. The van der Waals surface area contributed by atoms with Crippen molar-refractivity contribution in [1.29, 1.82) is 0 Å². The Hall–Kier alpha value is -1.13. The van der Waals surface area contributed by atoms with Gasteiger partial charge in [-0.15, -0.1) is 8.80 Å². The Labute approximate surface area is 126 Å². The minimum absolute atomic E-state index is 0.257. The van der Waals surface area contributed by atoms with E-state index in [1.807, 2.05) is 6.92 Å². The highest BCUT2D eigenvalue weighted by Gasteiger charge is 2.22. The van der Waals surface area contributed by atoms with Crippen LogP contribution in [0.5, 0.6) is 0 Å². The average Bonchev–Trinajstić information content (AvgIpc) is 2.92. The zero-order valence-corrected chi connectivity index (χ0v) is 13.5. The third kappa shape index (κ3) is 4.18. The third-order valence-corrected chi connectivity index (χ3v) is 5.23. The Morgan fingerprint density at radius 3 is 2.75 bits per heavy atom. The van der Waals surface area contributed by atoms with E-state index in [-0.39, 0.29) is 11.7 Å². The highest BCUT2D eigenvalue weighted by Crippen LogP contribution is 2.16. The van der Waals surface area contributed by atoms with Crippen LogP contribution in [0.2, 0.25) is 0 Å². The molecule has 110 valence electrons. The molecule has 1 aromatic rings. The van der Waals surface area contributed by atoms with Crippen molar-refractivity contribution in [2.24, 2.45) is 8.80 Å². The molecule has 1 aliphatic rings. The molecular weight excluding hydrogens is 318 g/mol. The van der Waals surface area contributed by atoms with Gasteiger partial charge in [0.2, 0.25) is 0 Å². The van der Waals surface area contributed by atoms with Gasteiger partial charge < -0.3 is 10.6 Å². The lowest BCUT2D eigenvalue weighted by molar-refractivity contribution is 0.600. The lowest BCUT2D eigenvalue weighted by atomic mass is 10.4. The van der Waals surface area contributed by atoms with E-state index < -0.39 is 10.2 Å². The first-order chi connectivity index (χ1) is 9.50. The number of likely N-dealkylation sites (N-methyl/N-ethyl adjacent to an activating group) is 1. The molecule has 0 spiro atoms. The van der Waals surface area contributed by atoms with Gasteiger partial charge in [-0.3, -0.25) is 0 Å². The first-order valence-electron chi connectivity index (χ1n) is 5.87. The van der Waals surface area contributed by atoms with Crippen LogP contribution in [0, 0.1) is 6.92 Å². The number of aryl methyl sites for hydroxylation is 1. The van der Waals surface area contributed by atoms with E-state index in [1.54, 1.807) is 18.8 Å². The molecule has 10 heteroatoms. The lowest BCUT2D eigenvalue weighted by Gasteiger charge is -2.06. The van der Waals surface area contributed by atoms with Crippen LogP contribution in [0.1, 0.15) is 10.6 Å². The van der Waals surface area contributed by atoms with Gasteiger partial charge >= 0.3 is 10.2 Å². The number of nitrogens with one attached hydrogen (secondary N) is 2. The summed E-state index contributed by atoms with van der Waals surface area (Å²) in [7, 11) is -2.09. The Balaban J connectivity index is 1.73. The molecule has 0 saturated carbocycles. The van der Waals surface area contributed by atoms with Crippen molar-refractivity contribution in [2.75, 3.05) is 19.3 Å². The maximum atomic E-state index is 11.2. The number of thioether (sulfide) groups is 1. The predicted molar refractivity (Wildman–Crippen MR) is 83.9 cm³/mol. The van der Waals surface area contributed by atoms with Crippen molar-refractivity contribution in [2.45, 2.75) is 12.7 Å². The fourth-order valence-electron chi connectivity index (χ4n) is 1.52. The first-order valence-corrected chi connectivity index (χ1v) is 9.19. The second-order valence-corrected chi connectivity index (χ2v) is 7.25. The Morgan fingerprint density at radius 2 is 2.10 bits per heavy atom. The van der Waals surface area contributed by atoms with Crippen molar-refractivity contribution >= 4 is 45.2 Å². The molecule has 1 aliphatic heterocycles. The van der Waals surface area contributed by atoms with Crippen molar-refractivity contribution in [1.82, 2.24) is 15.0 Å². The van der Waals surface area contributed by atoms with E-state index in [4.69, 9.17) is 0 Å². The van der Waals surface area contributed by atoms with Gasteiger partial charge in [0.15, 0.2) is 11.7 Å². The van der Waals surface area contributed by atoms with Crippen LogP contribution in [0.3, 0.4) is 0 Å². The van der Waals surface area contributed by atoms with Gasteiger partial charge in [-0.2, -0.15) is 24.6 Å². The normalized spacial score (nSPS) is 16.7. The molecule has 0 atom stereocenters. The van der Waals surface area contributed by atoms with Gasteiger partial charge in [0, 0.05) is 30.0 Å². The molecule has 0 aromatic carbocycles. The molecule has 7 nitrogen and oxygen atoms in total. The predicted octanol–water partition coefficient (Wildman–Crippen LogP) is 0.549. The zero-order chi connectivity index (χ0) is 14.6. The number of nitrogens with zero attached hydrogens (tertiary/aromatic N) is 3. The van der Waals surface area contributed by atoms with Crippen molar-refractivity contribution in [3.8, 4) is 0 Å². The van der Waals surface area contributed by atoms with E-state index in [1.165, 1.54) is 16.4 Å². The van der Waals surface area contributed by atoms with Crippen LogP contribution in [-0.2, 0) is 16.0 Å². The molecule has 2 N–H and O–H groups in total. The SMILES string of the molecule is CNC1=NS(=O)(=O)N=C1NCCSCc1cc(C)ns1. The molecule has 1 aromatic heterocycles. The Kier molecular flexibility index (Phi) is 5.00. The van der Waals surface area contributed by atoms with Crippen LogP contribution in [0.4, 0.5) is 0 Å². The first kappa shape index (κ1) is 15.3. The molecule has 0 saturated heterocycles. The van der Waals surface area contributed by atoms with E-state index in [0.717, 1.165) is 17.2 Å². The van der Waals surface area contributed by atoms with Gasteiger partial charge in [0.05, 0.1) is 5.69 Å². The summed E-state index contributed by atoms with van der Waals surface area (Å²) in [5.74, 6) is 2.28. The standard InChI is InChI=1S/C10H15N5O2S3/c1-7-5-8(19-13-7)6-18-4-3-12-10-9(11-2)14-20(16,17)15-10/h5H,3-4,6H2,1-2H3,(H,11,14)(H,12,15). The summed E-state index contributed by atoms with van der Waals surface area (Å²) >= 11 is 3.27. The number of rotatable bonds is 5. The Morgan fingerprint density at radius 1 is 1.35 bits per heavy atom. The van der Waals surface area contributed by atoms with Gasteiger partial charge in [-0.1, -0.05) is 0 Å². The fourth-order valence-corrected chi connectivity index (χ4v) is 4.02. The summed E-state index contributed by atoms with van der Waals surface area (Å²) in [6, 6.07) is 2.07. The lowest BCUT2D eigenvalue weighted by Crippen LogP contribution is -2.37. The van der Waals surface area contributed by atoms with Crippen LogP contribution in [0.25, 0.3) is 0 Å². The highest BCUT2D eigenvalue weighted by molar-refractivity contribution is 7.98. The summed E-state index contributed by atoms with van der Waals surface area (Å²) in [4.78, 5) is 1.24. The van der Waals surface area contributed by atoms with E-state index in [0.29, 0.717) is 6.54 Å². The molecule has 2 rings (SSSR count). The van der Waals surface area contributed by atoms with Gasteiger partial charge in [0.25, 0.3) is 0 Å². The van der Waals surface area contributed by atoms with Crippen molar-refractivity contribution in [3.63, 3.8) is 0 Å². The molecule has 0 fully saturated rings. The smallest absolute Gasteiger partial charge is 0.367 e. The third-order valence-electron chi connectivity index (χ3n) is 2.33. The van der Waals surface area contributed by atoms with Crippen LogP contribution >= 0.6 is 23.3 Å². The van der Waals surface area contributed by atoms with E-state index in [9.17, 15) is 8.42 Å². The van der Waals surface area contributed by atoms with Crippen LogP contribution in [-0.4, -0.2) is 43.8 Å². The molecule has 0 unspecified atom stereocenters. The average molecular weight is 333 g/mol. The summed E-state index contributed by atoms with van der Waals surface area (Å²) < 4.78 is 33.7. The van der Waals surface area contributed by atoms with Crippen molar-refractivity contribution in [3.05, 3.63) is 16.6 Å². The summed E-state index contributed by atoms with van der Waals surface area (Å²) in [6.45, 7) is 2.60. The largest absolute Gasteiger partial charge is 0.369 e. The maximum Gasteiger partial charge on any atom is 0.367 e. The van der Waals surface area contributed by atoms with Crippen LogP contribution in [0.15, 0.2) is 14.9 Å². The van der Waals surface area contributed by atoms with Crippen LogP contribution < -0.4 is 10.6 Å². The number of aromatic nitrogens is 1. The molecular formula is C10H15N5O2S3. The molecule has 0 amide bonds.